The molecule has 0 aliphatic heterocycles. The van der Waals surface area contributed by atoms with Crippen molar-refractivity contribution in [2.24, 2.45) is 0 Å². The maximum absolute atomic E-state index is 11.9. The first kappa shape index (κ1) is 17.6. The minimum absolute atomic E-state index is 0.164. The lowest BCUT2D eigenvalue weighted by Crippen LogP contribution is -2.21. The standard InChI is InChI=1S/C16H15ClN2O5/c1-22-12-6-11(7-13(8-12)23-2)19-15(20)9-24-16(21)10-3-4-18-14(17)5-10/h3-8H,9H2,1-2H3,(H,19,20). The Morgan fingerprint density at radius 1 is 1.12 bits per heavy atom. The monoisotopic (exact) mass is 350 g/mol. The Morgan fingerprint density at radius 3 is 2.38 bits per heavy atom. The zero-order chi connectivity index (χ0) is 17.5. The normalized spacial score (nSPS) is 9.96. The average Bonchev–Trinajstić information content (AvgIpc) is 2.59. The molecule has 2 aromatic rings. The van der Waals surface area contributed by atoms with Crippen molar-refractivity contribution in [3.8, 4) is 11.5 Å². The summed E-state index contributed by atoms with van der Waals surface area (Å²) in [4.78, 5) is 27.5. The Balaban J connectivity index is 1.95. The number of esters is 1. The van der Waals surface area contributed by atoms with Crippen molar-refractivity contribution in [1.29, 1.82) is 0 Å². The van der Waals surface area contributed by atoms with E-state index in [1.54, 1.807) is 18.2 Å². The first-order valence-corrected chi connectivity index (χ1v) is 7.21. The predicted molar refractivity (Wildman–Crippen MR) is 87.7 cm³/mol. The summed E-state index contributed by atoms with van der Waals surface area (Å²) in [6.45, 7) is -0.446. The van der Waals surface area contributed by atoms with E-state index >= 15 is 0 Å². The van der Waals surface area contributed by atoms with Crippen LogP contribution in [0.3, 0.4) is 0 Å². The summed E-state index contributed by atoms with van der Waals surface area (Å²) in [6.07, 6.45) is 1.38. The second-order valence-electron chi connectivity index (χ2n) is 4.59. The van der Waals surface area contributed by atoms with Crippen molar-refractivity contribution in [3.63, 3.8) is 0 Å². The molecule has 1 N–H and O–H groups in total. The molecule has 8 heteroatoms. The summed E-state index contributed by atoms with van der Waals surface area (Å²) >= 11 is 5.69. The number of nitrogens with zero attached hydrogens (tertiary/aromatic N) is 1. The molecule has 1 amide bonds. The first-order chi connectivity index (χ1) is 11.5. The molecule has 0 fully saturated rings. The third-order valence-corrected chi connectivity index (χ3v) is 3.14. The van der Waals surface area contributed by atoms with Gasteiger partial charge >= 0.3 is 5.97 Å². The fourth-order valence-corrected chi connectivity index (χ4v) is 1.99. The number of carbonyl (C=O) groups excluding carboxylic acids is 2. The molecule has 7 nitrogen and oxygen atoms in total. The summed E-state index contributed by atoms with van der Waals surface area (Å²) in [6, 6.07) is 7.70. The second-order valence-corrected chi connectivity index (χ2v) is 4.98. The van der Waals surface area contributed by atoms with Crippen molar-refractivity contribution in [3.05, 3.63) is 47.2 Å². The quantitative estimate of drug-likeness (QED) is 0.636. The van der Waals surface area contributed by atoms with Gasteiger partial charge in [-0.2, -0.15) is 0 Å². The van der Waals surface area contributed by atoms with Gasteiger partial charge in [-0.15, -0.1) is 0 Å². The molecule has 0 aliphatic rings. The Labute approximate surface area is 143 Å². The molecule has 0 unspecified atom stereocenters. The van der Waals surface area contributed by atoms with Gasteiger partial charge in [0.15, 0.2) is 6.61 Å². The lowest BCUT2D eigenvalue weighted by molar-refractivity contribution is -0.119. The molecular formula is C16H15ClN2O5. The van der Waals surface area contributed by atoms with Crippen LogP contribution in [-0.4, -0.2) is 37.7 Å². The van der Waals surface area contributed by atoms with E-state index in [2.05, 4.69) is 10.3 Å². The van der Waals surface area contributed by atoms with Crippen LogP contribution in [0.2, 0.25) is 5.15 Å². The molecule has 1 aromatic heterocycles. The number of pyridine rings is 1. The van der Waals surface area contributed by atoms with Gasteiger partial charge in [0.05, 0.1) is 19.8 Å². The third kappa shape index (κ3) is 4.85. The van der Waals surface area contributed by atoms with E-state index in [1.165, 1.54) is 32.5 Å². The lowest BCUT2D eigenvalue weighted by atomic mass is 10.2. The molecule has 24 heavy (non-hydrogen) atoms. The van der Waals surface area contributed by atoms with E-state index in [9.17, 15) is 9.59 Å². The van der Waals surface area contributed by atoms with E-state index in [1.807, 2.05) is 0 Å². The van der Waals surface area contributed by atoms with Gasteiger partial charge in [0.2, 0.25) is 0 Å². The zero-order valence-electron chi connectivity index (χ0n) is 13.0. The van der Waals surface area contributed by atoms with Gasteiger partial charge in [0.25, 0.3) is 5.91 Å². The van der Waals surface area contributed by atoms with Gasteiger partial charge in [0.1, 0.15) is 16.7 Å². The number of benzene rings is 1. The number of halogens is 1. The van der Waals surface area contributed by atoms with E-state index < -0.39 is 18.5 Å². The fourth-order valence-electron chi connectivity index (χ4n) is 1.82. The van der Waals surface area contributed by atoms with Crippen LogP contribution in [0.1, 0.15) is 10.4 Å². The number of hydrogen-bond acceptors (Lipinski definition) is 6. The number of hydrogen-bond donors (Lipinski definition) is 1. The summed E-state index contributed by atoms with van der Waals surface area (Å²) in [5.74, 6) is -0.127. The molecule has 1 heterocycles. The molecule has 1 aromatic carbocycles. The van der Waals surface area contributed by atoms with Crippen molar-refractivity contribution in [2.45, 2.75) is 0 Å². The molecule has 0 spiro atoms. The van der Waals surface area contributed by atoms with Crippen molar-refractivity contribution in [2.75, 3.05) is 26.1 Å². The number of carbonyl (C=O) groups is 2. The highest BCUT2D eigenvalue weighted by Gasteiger charge is 2.12. The van der Waals surface area contributed by atoms with E-state index in [-0.39, 0.29) is 10.7 Å². The maximum atomic E-state index is 11.9. The largest absolute Gasteiger partial charge is 0.497 e. The van der Waals surface area contributed by atoms with E-state index in [0.717, 1.165) is 0 Å². The molecule has 0 aliphatic carbocycles. The molecular weight excluding hydrogens is 336 g/mol. The third-order valence-electron chi connectivity index (χ3n) is 2.93. The number of aromatic nitrogens is 1. The van der Waals surface area contributed by atoms with Crippen LogP contribution in [0.5, 0.6) is 11.5 Å². The highest BCUT2D eigenvalue weighted by atomic mass is 35.5. The topological polar surface area (TPSA) is 86.8 Å². The number of methoxy groups -OCH3 is 2. The maximum Gasteiger partial charge on any atom is 0.338 e. The van der Waals surface area contributed by atoms with Crippen molar-refractivity contribution >= 4 is 29.2 Å². The fraction of sp³-hybridized carbons (Fsp3) is 0.188. The first-order valence-electron chi connectivity index (χ1n) is 6.83. The van der Waals surface area contributed by atoms with Crippen molar-refractivity contribution < 1.29 is 23.8 Å². The van der Waals surface area contributed by atoms with Gasteiger partial charge in [-0.3, -0.25) is 4.79 Å². The van der Waals surface area contributed by atoms with Gasteiger partial charge in [-0.05, 0) is 12.1 Å². The Hall–Kier alpha value is -2.80. The minimum atomic E-state index is -0.669. The molecule has 0 atom stereocenters. The predicted octanol–water partition coefficient (Wildman–Crippen LogP) is 2.55. The number of amides is 1. The Kier molecular flexibility index (Phi) is 5.97. The summed E-state index contributed by atoms with van der Waals surface area (Å²) in [7, 11) is 3.00. The molecule has 2 rings (SSSR count). The highest BCUT2D eigenvalue weighted by molar-refractivity contribution is 6.29. The van der Waals surface area contributed by atoms with Crippen LogP contribution in [0.25, 0.3) is 0 Å². The molecule has 126 valence electrons. The van der Waals surface area contributed by atoms with Gasteiger partial charge in [-0.1, -0.05) is 11.6 Å². The number of anilines is 1. The number of nitrogens with one attached hydrogen (secondary N) is 1. The van der Waals surface area contributed by atoms with Gasteiger partial charge in [0, 0.05) is 30.1 Å². The number of ether oxygens (including phenoxy) is 3. The lowest BCUT2D eigenvalue weighted by Gasteiger charge is -2.10. The van der Waals surface area contributed by atoms with Crippen LogP contribution >= 0.6 is 11.6 Å². The van der Waals surface area contributed by atoms with E-state index in [4.69, 9.17) is 25.8 Å². The Bertz CT molecular complexity index is 729. The molecule has 0 saturated carbocycles. The van der Waals surface area contributed by atoms with Crippen LogP contribution in [0.15, 0.2) is 36.5 Å². The van der Waals surface area contributed by atoms with Crippen molar-refractivity contribution in [1.82, 2.24) is 4.98 Å². The summed E-state index contributed by atoms with van der Waals surface area (Å²) in [5.41, 5.74) is 0.671. The number of rotatable bonds is 6. The average molecular weight is 351 g/mol. The van der Waals surface area contributed by atoms with Gasteiger partial charge < -0.3 is 19.5 Å². The van der Waals surface area contributed by atoms with Crippen LogP contribution in [0.4, 0.5) is 5.69 Å². The van der Waals surface area contributed by atoms with Crippen LogP contribution < -0.4 is 14.8 Å². The Morgan fingerprint density at radius 2 is 1.79 bits per heavy atom. The second kappa shape index (κ2) is 8.16. The smallest absolute Gasteiger partial charge is 0.338 e. The van der Waals surface area contributed by atoms with E-state index in [0.29, 0.717) is 17.2 Å². The molecule has 0 bridgehead atoms. The zero-order valence-corrected chi connectivity index (χ0v) is 13.8. The SMILES string of the molecule is COc1cc(NC(=O)COC(=O)c2ccnc(Cl)c2)cc(OC)c1. The van der Waals surface area contributed by atoms with Crippen LogP contribution in [0, 0.1) is 0 Å². The highest BCUT2D eigenvalue weighted by Crippen LogP contribution is 2.25. The van der Waals surface area contributed by atoms with Gasteiger partial charge in [-0.25, -0.2) is 9.78 Å². The minimum Gasteiger partial charge on any atom is -0.497 e. The summed E-state index contributed by atoms with van der Waals surface area (Å²) < 4.78 is 15.2. The van der Waals surface area contributed by atoms with Crippen LogP contribution in [-0.2, 0) is 9.53 Å². The molecule has 0 radical (unpaired) electrons. The molecule has 0 saturated heterocycles. The summed E-state index contributed by atoms with van der Waals surface area (Å²) in [5, 5.41) is 2.76.